The van der Waals surface area contributed by atoms with Gasteiger partial charge in [-0.2, -0.15) is 0 Å². The number of rotatable bonds is 8. The molecule has 1 atom stereocenters. The molecule has 112 valence electrons. The number of carbonyl (C=O) groups is 2. The van der Waals surface area contributed by atoms with E-state index in [-0.39, 0.29) is 18.1 Å². The van der Waals surface area contributed by atoms with E-state index in [4.69, 9.17) is 9.84 Å². The summed E-state index contributed by atoms with van der Waals surface area (Å²) in [6.45, 7) is 8.54. The third-order valence-electron chi connectivity index (χ3n) is 2.53. The van der Waals surface area contributed by atoms with Crippen molar-refractivity contribution in [2.24, 2.45) is 5.92 Å². The molecule has 2 amide bonds. The average Bonchev–Trinajstić information content (AvgIpc) is 2.26. The van der Waals surface area contributed by atoms with Crippen molar-refractivity contribution in [2.75, 3.05) is 20.2 Å². The summed E-state index contributed by atoms with van der Waals surface area (Å²) in [5.41, 5.74) is 0. The number of amides is 2. The number of hydrogen-bond acceptors (Lipinski definition) is 3. The topological polar surface area (TPSA) is 78.9 Å². The normalized spacial score (nSPS) is 12.6. The van der Waals surface area contributed by atoms with Crippen molar-refractivity contribution >= 4 is 12.0 Å². The van der Waals surface area contributed by atoms with E-state index >= 15 is 0 Å². The summed E-state index contributed by atoms with van der Waals surface area (Å²) < 4.78 is 5.34. The Morgan fingerprint density at radius 1 is 1.26 bits per heavy atom. The van der Waals surface area contributed by atoms with Crippen molar-refractivity contribution in [1.29, 1.82) is 0 Å². The molecule has 0 aromatic rings. The SMILES string of the molecule is CC(C)C[C@H](NC(=O)N(C)CCOC(C)C)C(=O)O. The predicted molar refractivity (Wildman–Crippen MR) is 73.1 cm³/mol. The second-order valence-corrected chi connectivity index (χ2v) is 5.31. The molecule has 0 saturated heterocycles. The van der Waals surface area contributed by atoms with Crippen LogP contribution in [0, 0.1) is 5.92 Å². The molecule has 2 N–H and O–H groups in total. The zero-order chi connectivity index (χ0) is 15.0. The largest absolute Gasteiger partial charge is 0.480 e. The van der Waals surface area contributed by atoms with Crippen LogP contribution in [0.3, 0.4) is 0 Å². The van der Waals surface area contributed by atoms with Gasteiger partial charge in [0.15, 0.2) is 0 Å². The van der Waals surface area contributed by atoms with Gasteiger partial charge in [0.2, 0.25) is 0 Å². The number of aliphatic carboxylic acids is 1. The van der Waals surface area contributed by atoms with Crippen LogP contribution in [0.1, 0.15) is 34.1 Å². The maximum atomic E-state index is 11.8. The van der Waals surface area contributed by atoms with E-state index in [0.717, 1.165) is 0 Å². The van der Waals surface area contributed by atoms with Crippen LogP contribution < -0.4 is 5.32 Å². The highest BCUT2D eigenvalue weighted by atomic mass is 16.5. The summed E-state index contributed by atoms with van der Waals surface area (Å²) in [6.07, 6.45) is 0.529. The highest BCUT2D eigenvalue weighted by Crippen LogP contribution is 2.05. The number of nitrogens with one attached hydrogen (secondary N) is 1. The number of nitrogens with zero attached hydrogens (tertiary/aromatic N) is 1. The van der Waals surface area contributed by atoms with Crippen molar-refractivity contribution < 1.29 is 19.4 Å². The molecule has 0 aliphatic carbocycles. The molecule has 0 radical (unpaired) electrons. The van der Waals surface area contributed by atoms with Gasteiger partial charge in [-0.25, -0.2) is 9.59 Å². The van der Waals surface area contributed by atoms with Gasteiger partial charge in [-0.3, -0.25) is 0 Å². The summed E-state index contributed by atoms with van der Waals surface area (Å²) in [6, 6.07) is -1.23. The molecule has 0 saturated carbocycles. The fourth-order valence-corrected chi connectivity index (χ4v) is 1.48. The minimum absolute atomic E-state index is 0.115. The molecule has 19 heavy (non-hydrogen) atoms. The maximum Gasteiger partial charge on any atom is 0.326 e. The minimum atomic E-state index is -1.01. The molecule has 0 fully saturated rings. The quantitative estimate of drug-likeness (QED) is 0.704. The fraction of sp³-hybridized carbons (Fsp3) is 0.846. The van der Waals surface area contributed by atoms with Crippen LogP contribution >= 0.6 is 0 Å². The number of carbonyl (C=O) groups excluding carboxylic acids is 1. The molecule has 0 spiro atoms. The van der Waals surface area contributed by atoms with Crippen LogP contribution in [-0.4, -0.2) is 54.4 Å². The lowest BCUT2D eigenvalue weighted by Gasteiger charge is -2.22. The molecule has 6 heteroatoms. The molecular weight excluding hydrogens is 248 g/mol. The molecule has 6 nitrogen and oxygen atoms in total. The monoisotopic (exact) mass is 274 g/mol. The molecule has 0 bridgehead atoms. The molecule has 0 aromatic heterocycles. The van der Waals surface area contributed by atoms with Gasteiger partial charge in [0.25, 0.3) is 0 Å². The van der Waals surface area contributed by atoms with E-state index in [2.05, 4.69) is 5.32 Å². The first kappa shape index (κ1) is 17.7. The van der Waals surface area contributed by atoms with Gasteiger partial charge in [-0.1, -0.05) is 13.8 Å². The molecule has 0 rings (SSSR count). The van der Waals surface area contributed by atoms with Crippen LogP contribution in [0.15, 0.2) is 0 Å². The van der Waals surface area contributed by atoms with Crippen LogP contribution in [-0.2, 0) is 9.53 Å². The van der Waals surface area contributed by atoms with Crippen LogP contribution in [0.25, 0.3) is 0 Å². The number of carboxylic acid groups (broad SMARTS) is 1. The zero-order valence-electron chi connectivity index (χ0n) is 12.5. The summed E-state index contributed by atoms with van der Waals surface area (Å²) in [5.74, 6) is -0.801. The molecule has 0 aliphatic heterocycles. The minimum Gasteiger partial charge on any atom is -0.480 e. The van der Waals surface area contributed by atoms with Crippen LogP contribution in [0.5, 0.6) is 0 Å². The Kier molecular flexibility index (Phi) is 8.14. The van der Waals surface area contributed by atoms with Crippen molar-refractivity contribution in [3.8, 4) is 0 Å². The number of likely N-dealkylation sites (N-methyl/N-ethyl adjacent to an activating group) is 1. The van der Waals surface area contributed by atoms with Gasteiger partial charge in [-0.05, 0) is 26.2 Å². The van der Waals surface area contributed by atoms with Crippen LogP contribution in [0.4, 0.5) is 4.79 Å². The van der Waals surface area contributed by atoms with E-state index in [9.17, 15) is 9.59 Å². The van der Waals surface area contributed by atoms with Crippen molar-refractivity contribution in [3.05, 3.63) is 0 Å². The van der Waals surface area contributed by atoms with Gasteiger partial charge in [0, 0.05) is 13.6 Å². The molecular formula is C13H26N2O4. The third-order valence-corrected chi connectivity index (χ3v) is 2.53. The fourth-order valence-electron chi connectivity index (χ4n) is 1.48. The second-order valence-electron chi connectivity index (χ2n) is 5.31. The first-order chi connectivity index (χ1) is 8.73. The predicted octanol–water partition coefficient (Wildman–Crippen LogP) is 1.55. The van der Waals surface area contributed by atoms with Gasteiger partial charge in [0.1, 0.15) is 6.04 Å². The Morgan fingerprint density at radius 3 is 2.26 bits per heavy atom. The molecule has 0 heterocycles. The van der Waals surface area contributed by atoms with Gasteiger partial charge < -0.3 is 20.1 Å². The summed E-state index contributed by atoms with van der Waals surface area (Å²) >= 11 is 0. The van der Waals surface area contributed by atoms with Gasteiger partial charge in [0.05, 0.1) is 12.7 Å². The third kappa shape index (κ3) is 8.42. The van der Waals surface area contributed by atoms with Gasteiger partial charge in [-0.15, -0.1) is 0 Å². The second kappa shape index (κ2) is 8.74. The summed E-state index contributed by atoms with van der Waals surface area (Å²) in [7, 11) is 1.62. The Labute approximate surface area is 115 Å². The molecule has 0 unspecified atom stereocenters. The lowest BCUT2D eigenvalue weighted by molar-refractivity contribution is -0.139. The zero-order valence-corrected chi connectivity index (χ0v) is 12.5. The maximum absolute atomic E-state index is 11.8. The highest BCUT2D eigenvalue weighted by Gasteiger charge is 2.22. The highest BCUT2D eigenvalue weighted by molar-refractivity contribution is 5.82. The summed E-state index contributed by atoms with van der Waals surface area (Å²) in [4.78, 5) is 24.3. The Bertz CT molecular complexity index is 292. The van der Waals surface area contributed by atoms with Crippen molar-refractivity contribution in [2.45, 2.75) is 46.3 Å². The van der Waals surface area contributed by atoms with E-state index in [0.29, 0.717) is 19.6 Å². The number of ether oxygens (including phenoxy) is 1. The Balaban J connectivity index is 4.20. The Morgan fingerprint density at radius 2 is 1.84 bits per heavy atom. The van der Waals surface area contributed by atoms with E-state index in [1.54, 1.807) is 7.05 Å². The van der Waals surface area contributed by atoms with Crippen molar-refractivity contribution in [1.82, 2.24) is 10.2 Å². The van der Waals surface area contributed by atoms with Crippen LogP contribution in [0.2, 0.25) is 0 Å². The lowest BCUT2D eigenvalue weighted by Crippen LogP contribution is -2.48. The molecule has 0 aliphatic rings. The van der Waals surface area contributed by atoms with Crippen molar-refractivity contribution in [3.63, 3.8) is 0 Å². The van der Waals surface area contributed by atoms with E-state index < -0.39 is 12.0 Å². The molecule has 0 aromatic carbocycles. The van der Waals surface area contributed by atoms with E-state index in [1.165, 1.54) is 4.90 Å². The average molecular weight is 274 g/mol. The smallest absolute Gasteiger partial charge is 0.326 e. The number of hydrogen-bond donors (Lipinski definition) is 2. The Hall–Kier alpha value is -1.30. The number of urea groups is 1. The summed E-state index contributed by atoms with van der Waals surface area (Å²) in [5, 5.41) is 11.6. The first-order valence-electron chi connectivity index (χ1n) is 6.60. The van der Waals surface area contributed by atoms with E-state index in [1.807, 2.05) is 27.7 Å². The standard InChI is InChI=1S/C13H26N2O4/c1-9(2)8-11(12(16)17)14-13(18)15(5)6-7-19-10(3)4/h9-11H,6-8H2,1-5H3,(H,14,18)(H,16,17)/t11-/m0/s1. The van der Waals surface area contributed by atoms with Gasteiger partial charge >= 0.3 is 12.0 Å². The first-order valence-corrected chi connectivity index (χ1v) is 6.60. The lowest BCUT2D eigenvalue weighted by atomic mass is 10.0. The number of carboxylic acids is 1.